The third-order valence-corrected chi connectivity index (χ3v) is 3.25. The Hall–Kier alpha value is -1.81. The summed E-state index contributed by atoms with van der Waals surface area (Å²) in [6, 6.07) is 7.80. The van der Waals surface area contributed by atoms with E-state index in [1.54, 1.807) is 23.3 Å². The highest BCUT2D eigenvalue weighted by atomic mass is 16.5. The first-order valence-electron chi connectivity index (χ1n) is 6.77. The Morgan fingerprint density at radius 3 is 2.35 bits per heavy atom. The Morgan fingerprint density at radius 1 is 1.20 bits per heavy atom. The molecule has 0 amide bonds. The van der Waals surface area contributed by atoms with Gasteiger partial charge in [0.1, 0.15) is 11.9 Å². The average Bonchev–Trinajstić information content (AvgIpc) is 2.90. The average molecular weight is 274 g/mol. The highest BCUT2D eigenvalue weighted by molar-refractivity contribution is 5.26. The van der Waals surface area contributed by atoms with Crippen LogP contribution in [-0.4, -0.2) is 20.8 Å². The number of rotatable bonds is 4. The Kier molecular flexibility index (Phi) is 4.14. The summed E-state index contributed by atoms with van der Waals surface area (Å²) in [5.74, 6) is 0.734. The minimum Gasteiger partial charge on any atom is -0.467 e. The van der Waals surface area contributed by atoms with Gasteiger partial charge in [0, 0.05) is 12.4 Å². The van der Waals surface area contributed by atoms with E-state index in [0.717, 1.165) is 5.75 Å². The molecule has 1 aromatic carbocycles. The third kappa shape index (κ3) is 3.39. The van der Waals surface area contributed by atoms with Crippen LogP contribution >= 0.6 is 0 Å². The fraction of sp³-hybridized carbons (Fsp3) is 0.438. The van der Waals surface area contributed by atoms with Crippen molar-refractivity contribution in [3.05, 3.63) is 48.5 Å². The fourth-order valence-corrected chi connectivity index (χ4v) is 1.89. The maximum absolute atomic E-state index is 10.6. The van der Waals surface area contributed by atoms with Gasteiger partial charge in [-0.25, -0.2) is 4.98 Å². The van der Waals surface area contributed by atoms with E-state index < -0.39 is 12.3 Å². The van der Waals surface area contributed by atoms with E-state index in [9.17, 15) is 5.11 Å². The molecule has 4 nitrogen and oxygen atoms in total. The van der Waals surface area contributed by atoms with Crippen molar-refractivity contribution in [3.63, 3.8) is 0 Å². The lowest BCUT2D eigenvalue weighted by Crippen LogP contribution is -2.38. The lowest BCUT2D eigenvalue weighted by Gasteiger charge is -2.33. The molecule has 0 spiro atoms. The number of aliphatic hydroxyl groups excluding tert-OH is 1. The van der Waals surface area contributed by atoms with Crippen molar-refractivity contribution in [2.24, 2.45) is 5.41 Å². The summed E-state index contributed by atoms with van der Waals surface area (Å²) in [6.45, 7) is 7.99. The first-order chi connectivity index (χ1) is 9.38. The topological polar surface area (TPSA) is 47.3 Å². The molecule has 2 rings (SSSR count). The van der Waals surface area contributed by atoms with Gasteiger partial charge in [-0.1, -0.05) is 38.5 Å². The molecule has 1 N–H and O–H groups in total. The lowest BCUT2D eigenvalue weighted by atomic mass is 9.88. The molecule has 0 aliphatic rings. The van der Waals surface area contributed by atoms with Crippen molar-refractivity contribution < 1.29 is 9.84 Å². The maximum Gasteiger partial charge on any atom is 0.203 e. The SMILES string of the molecule is Cc1ccc(OC(C(O)C(C)(C)C)n2ccnc2)cc1. The van der Waals surface area contributed by atoms with Crippen LogP contribution in [0.15, 0.2) is 43.0 Å². The molecule has 4 heteroatoms. The molecule has 0 aliphatic carbocycles. The van der Waals surface area contributed by atoms with Crippen LogP contribution in [0.5, 0.6) is 5.75 Å². The molecule has 2 aromatic rings. The van der Waals surface area contributed by atoms with Gasteiger partial charge in [0.05, 0.1) is 6.33 Å². The van der Waals surface area contributed by atoms with Crippen LogP contribution in [0.4, 0.5) is 0 Å². The Bertz CT molecular complexity index is 527. The first-order valence-corrected chi connectivity index (χ1v) is 6.77. The minimum atomic E-state index is -0.655. The van der Waals surface area contributed by atoms with Crippen LogP contribution < -0.4 is 4.74 Å². The number of aryl methyl sites for hydroxylation is 1. The number of hydrogen-bond donors (Lipinski definition) is 1. The fourth-order valence-electron chi connectivity index (χ4n) is 1.89. The standard InChI is InChI=1S/C16H22N2O2/c1-12-5-7-13(8-6-12)20-15(14(19)16(2,3)4)18-10-9-17-11-18/h5-11,14-15,19H,1-4H3. The second-order valence-electron chi connectivity index (χ2n) is 6.14. The number of aromatic nitrogens is 2. The highest BCUT2D eigenvalue weighted by Crippen LogP contribution is 2.30. The molecule has 1 aromatic heterocycles. The summed E-state index contributed by atoms with van der Waals surface area (Å²) in [6.07, 6.45) is 3.99. The number of hydrogen-bond acceptors (Lipinski definition) is 3. The highest BCUT2D eigenvalue weighted by Gasteiger charge is 2.33. The van der Waals surface area contributed by atoms with Crippen molar-refractivity contribution in [1.29, 1.82) is 0 Å². The summed E-state index contributed by atoms with van der Waals surface area (Å²) in [5, 5.41) is 10.6. The van der Waals surface area contributed by atoms with Gasteiger partial charge in [0.2, 0.25) is 6.23 Å². The normalized spacial score (nSPS) is 14.8. The second-order valence-corrected chi connectivity index (χ2v) is 6.14. The molecule has 0 aliphatic heterocycles. The van der Waals surface area contributed by atoms with Gasteiger partial charge in [-0.05, 0) is 24.5 Å². The number of imidazole rings is 1. The summed E-state index contributed by atoms with van der Waals surface area (Å²) in [4.78, 5) is 4.04. The molecule has 0 saturated heterocycles. The van der Waals surface area contributed by atoms with Gasteiger partial charge in [0.15, 0.2) is 0 Å². The van der Waals surface area contributed by atoms with Crippen LogP contribution in [0.25, 0.3) is 0 Å². The molecule has 108 valence electrons. The van der Waals surface area contributed by atoms with Crippen LogP contribution in [-0.2, 0) is 0 Å². The molecule has 0 fully saturated rings. The van der Waals surface area contributed by atoms with Crippen molar-refractivity contribution >= 4 is 0 Å². The molecular formula is C16H22N2O2. The van der Waals surface area contributed by atoms with E-state index in [0.29, 0.717) is 0 Å². The summed E-state index contributed by atoms with van der Waals surface area (Å²) >= 11 is 0. The molecule has 1 heterocycles. The molecule has 2 unspecified atom stereocenters. The van der Waals surface area contributed by atoms with Crippen LogP contribution in [0.1, 0.15) is 32.6 Å². The number of nitrogens with zero attached hydrogens (tertiary/aromatic N) is 2. The predicted molar refractivity (Wildman–Crippen MR) is 78.5 cm³/mol. The van der Waals surface area contributed by atoms with Crippen molar-refractivity contribution in [1.82, 2.24) is 9.55 Å². The molecule has 0 saturated carbocycles. The van der Waals surface area contributed by atoms with Crippen LogP contribution in [0.3, 0.4) is 0 Å². The van der Waals surface area contributed by atoms with Gasteiger partial charge < -0.3 is 9.84 Å². The smallest absolute Gasteiger partial charge is 0.203 e. The third-order valence-electron chi connectivity index (χ3n) is 3.25. The predicted octanol–water partition coefficient (Wildman–Crippen LogP) is 3.18. The largest absolute Gasteiger partial charge is 0.467 e. The van der Waals surface area contributed by atoms with Gasteiger partial charge in [-0.15, -0.1) is 0 Å². The zero-order chi connectivity index (χ0) is 14.8. The van der Waals surface area contributed by atoms with E-state index in [1.807, 2.05) is 52.0 Å². The van der Waals surface area contributed by atoms with E-state index in [1.165, 1.54) is 5.56 Å². The Morgan fingerprint density at radius 2 is 1.85 bits per heavy atom. The van der Waals surface area contributed by atoms with Crippen molar-refractivity contribution in [3.8, 4) is 5.75 Å². The van der Waals surface area contributed by atoms with Crippen molar-refractivity contribution in [2.45, 2.75) is 40.0 Å². The summed E-state index contributed by atoms with van der Waals surface area (Å²) in [7, 11) is 0. The first kappa shape index (κ1) is 14.6. The van der Waals surface area contributed by atoms with Crippen molar-refractivity contribution in [2.75, 3.05) is 0 Å². The Balaban J connectivity index is 2.26. The molecule has 0 bridgehead atoms. The van der Waals surface area contributed by atoms with E-state index >= 15 is 0 Å². The number of benzene rings is 1. The van der Waals surface area contributed by atoms with Crippen LogP contribution in [0.2, 0.25) is 0 Å². The van der Waals surface area contributed by atoms with E-state index in [4.69, 9.17) is 4.74 Å². The number of aliphatic hydroxyl groups is 1. The van der Waals surface area contributed by atoms with E-state index in [2.05, 4.69) is 4.98 Å². The Labute approximate surface area is 120 Å². The molecule has 2 atom stereocenters. The quantitative estimate of drug-likeness (QED) is 0.931. The summed E-state index contributed by atoms with van der Waals surface area (Å²) < 4.78 is 7.76. The van der Waals surface area contributed by atoms with E-state index in [-0.39, 0.29) is 5.41 Å². The van der Waals surface area contributed by atoms with Crippen LogP contribution in [0, 0.1) is 12.3 Å². The number of ether oxygens (including phenoxy) is 1. The van der Waals surface area contributed by atoms with Gasteiger partial charge in [-0.3, -0.25) is 4.57 Å². The zero-order valence-corrected chi connectivity index (χ0v) is 12.4. The van der Waals surface area contributed by atoms with Gasteiger partial charge >= 0.3 is 0 Å². The zero-order valence-electron chi connectivity index (χ0n) is 12.4. The molecule has 20 heavy (non-hydrogen) atoms. The van der Waals surface area contributed by atoms with Gasteiger partial charge in [-0.2, -0.15) is 0 Å². The second kappa shape index (κ2) is 5.67. The summed E-state index contributed by atoms with van der Waals surface area (Å²) in [5.41, 5.74) is 0.882. The monoisotopic (exact) mass is 274 g/mol. The molecular weight excluding hydrogens is 252 g/mol. The molecule has 0 radical (unpaired) electrons. The van der Waals surface area contributed by atoms with Gasteiger partial charge in [0.25, 0.3) is 0 Å². The lowest BCUT2D eigenvalue weighted by molar-refractivity contribution is -0.0674. The minimum absolute atomic E-state index is 0.292. The maximum atomic E-state index is 10.6.